The molecule has 2 aromatic heterocycles. The zero-order valence-electron chi connectivity index (χ0n) is 12.0. The summed E-state index contributed by atoms with van der Waals surface area (Å²) in [6.45, 7) is 7.46. The maximum Gasteiger partial charge on any atom is 0.277 e. The molecule has 0 saturated carbocycles. The number of aromatic nitrogens is 4. The van der Waals surface area contributed by atoms with Gasteiger partial charge in [-0.2, -0.15) is 5.10 Å². The van der Waals surface area contributed by atoms with Crippen LogP contribution in [0.4, 0.5) is 5.13 Å². The third-order valence-electron chi connectivity index (χ3n) is 2.71. The lowest BCUT2D eigenvalue weighted by Crippen LogP contribution is -2.25. The van der Waals surface area contributed by atoms with Crippen LogP contribution in [0.5, 0.6) is 0 Å². The Morgan fingerprint density at radius 3 is 2.80 bits per heavy atom. The normalized spacial score (nSPS) is 10.8. The summed E-state index contributed by atoms with van der Waals surface area (Å²) in [6.07, 6.45) is 1.89. The lowest BCUT2D eigenvalue weighted by molar-refractivity contribution is 0.562. The van der Waals surface area contributed by atoms with Crippen molar-refractivity contribution >= 4 is 16.5 Å². The smallest absolute Gasteiger partial charge is 0.277 e. The minimum Gasteiger partial charge on any atom is -0.360 e. The van der Waals surface area contributed by atoms with Crippen LogP contribution in [0.25, 0.3) is 10.6 Å². The van der Waals surface area contributed by atoms with Crippen LogP contribution in [0.15, 0.2) is 10.9 Å². The van der Waals surface area contributed by atoms with Gasteiger partial charge < -0.3 is 5.32 Å². The number of nitrogens with zero attached hydrogens (tertiary/aromatic N) is 4. The molecule has 2 rings (SSSR count). The second kappa shape index (κ2) is 6.60. The van der Waals surface area contributed by atoms with Crippen LogP contribution in [0.3, 0.4) is 0 Å². The first-order valence-corrected chi connectivity index (χ1v) is 7.63. The van der Waals surface area contributed by atoms with Crippen molar-refractivity contribution in [1.29, 1.82) is 0 Å². The summed E-state index contributed by atoms with van der Waals surface area (Å²) in [6, 6.07) is 1.78. The van der Waals surface area contributed by atoms with Gasteiger partial charge in [-0.1, -0.05) is 25.2 Å². The van der Waals surface area contributed by atoms with E-state index in [-0.39, 0.29) is 5.56 Å². The summed E-state index contributed by atoms with van der Waals surface area (Å²) in [5, 5.41) is 17.0. The molecule has 6 nitrogen and oxygen atoms in total. The first-order valence-electron chi connectivity index (χ1n) is 6.82. The topological polar surface area (TPSA) is 72.7 Å². The predicted molar refractivity (Wildman–Crippen MR) is 81.2 cm³/mol. The van der Waals surface area contributed by atoms with Crippen LogP contribution in [0.1, 0.15) is 32.4 Å². The Labute approximate surface area is 121 Å². The number of rotatable bonds is 6. The lowest BCUT2D eigenvalue weighted by Gasteiger charge is -2.05. The van der Waals surface area contributed by atoms with Gasteiger partial charge >= 0.3 is 0 Å². The monoisotopic (exact) mass is 293 g/mol. The van der Waals surface area contributed by atoms with Gasteiger partial charge in [-0.25, -0.2) is 4.68 Å². The van der Waals surface area contributed by atoms with E-state index in [9.17, 15) is 4.79 Å². The Bertz CT molecular complexity index is 634. The highest BCUT2D eigenvalue weighted by atomic mass is 32.1. The fourth-order valence-corrected chi connectivity index (χ4v) is 2.60. The number of hydrogen-bond acceptors (Lipinski definition) is 6. The van der Waals surface area contributed by atoms with Crippen molar-refractivity contribution in [3.05, 3.63) is 22.1 Å². The zero-order chi connectivity index (χ0) is 14.5. The van der Waals surface area contributed by atoms with E-state index < -0.39 is 0 Å². The summed E-state index contributed by atoms with van der Waals surface area (Å²) in [7, 11) is 0. The molecule has 0 aromatic carbocycles. The standard InChI is InChI=1S/C13H19N5OS/c1-4-6-14-13-16-15-11(20-13)10-8-9(3)17-18(7-5-2)12(10)19/h8H,4-7H2,1-3H3,(H,14,16). The highest BCUT2D eigenvalue weighted by Crippen LogP contribution is 2.24. The van der Waals surface area contributed by atoms with Gasteiger partial charge in [0.2, 0.25) is 5.13 Å². The fraction of sp³-hybridized carbons (Fsp3) is 0.538. The zero-order valence-corrected chi connectivity index (χ0v) is 12.8. The van der Waals surface area contributed by atoms with E-state index in [1.807, 2.05) is 13.8 Å². The maximum absolute atomic E-state index is 12.4. The summed E-state index contributed by atoms with van der Waals surface area (Å²) >= 11 is 1.40. The van der Waals surface area contributed by atoms with Gasteiger partial charge in [0.1, 0.15) is 0 Å². The molecule has 0 amide bonds. The highest BCUT2D eigenvalue weighted by Gasteiger charge is 2.13. The molecule has 2 heterocycles. The molecule has 0 unspecified atom stereocenters. The van der Waals surface area contributed by atoms with Crippen LogP contribution in [0, 0.1) is 6.92 Å². The largest absolute Gasteiger partial charge is 0.360 e. The Hall–Kier alpha value is -1.76. The molecule has 1 N–H and O–H groups in total. The van der Waals surface area contributed by atoms with Crippen LogP contribution in [-0.4, -0.2) is 26.5 Å². The van der Waals surface area contributed by atoms with Gasteiger partial charge in [0.15, 0.2) is 5.01 Å². The summed E-state index contributed by atoms with van der Waals surface area (Å²) in [4.78, 5) is 12.4. The third-order valence-corrected chi connectivity index (χ3v) is 3.63. The van der Waals surface area contributed by atoms with Gasteiger partial charge in [0.05, 0.1) is 11.3 Å². The molecule has 0 bridgehead atoms. The molecule has 0 spiro atoms. The fourth-order valence-electron chi connectivity index (χ4n) is 1.83. The van der Waals surface area contributed by atoms with E-state index in [0.29, 0.717) is 17.1 Å². The van der Waals surface area contributed by atoms with Crippen molar-refractivity contribution in [3.8, 4) is 10.6 Å². The Morgan fingerprint density at radius 1 is 1.30 bits per heavy atom. The SMILES string of the molecule is CCCNc1nnc(-c2cc(C)nn(CCC)c2=O)s1. The molecule has 0 fully saturated rings. The molecule has 0 aliphatic rings. The number of anilines is 1. The van der Waals surface area contributed by atoms with Crippen molar-refractivity contribution in [1.82, 2.24) is 20.0 Å². The summed E-state index contributed by atoms with van der Waals surface area (Å²) < 4.78 is 1.51. The molecule has 0 atom stereocenters. The van der Waals surface area contributed by atoms with Gasteiger partial charge in [0.25, 0.3) is 5.56 Å². The van der Waals surface area contributed by atoms with Crippen molar-refractivity contribution in [2.75, 3.05) is 11.9 Å². The molecular formula is C13H19N5OS. The molecule has 0 aliphatic carbocycles. The van der Waals surface area contributed by atoms with Crippen molar-refractivity contribution in [3.63, 3.8) is 0 Å². The molecule has 0 saturated heterocycles. The molecule has 20 heavy (non-hydrogen) atoms. The number of aryl methyl sites for hydroxylation is 2. The quantitative estimate of drug-likeness (QED) is 0.884. The summed E-state index contributed by atoms with van der Waals surface area (Å²) in [5.74, 6) is 0. The van der Waals surface area contributed by atoms with E-state index in [4.69, 9.17) is 0 Å². The first kappa shape index (κ1) is 14.6. The average molecular weight is 293 g/mol. The van der Waals surface area contributed by atoms with E-state index in [1.54, 1.807) is 6.07 Å². The highest BCUT2D eigenvalue weighted by molar-refractivity contribution is 7.18. The van der Waals surface area contributed by atoms with E-state index >= 15 is 0 Å². The first-order chi connectivity index (χ1) is 9.65. The molecule has 108 valence electrons. The van der Waals surface area contributed by atoms with E-state index in [1.165, 1.54) is 16.0 Å². The molecule has 0 radical (unpaired) electrons. The lowest BCUT2D eigenvalue weighted by atomic mass is 10.2. The van der Waals surface area contributed by atoms with Crippen LogP contribution >= 0.6 is 11.3 Å². The van der Waals surface area contributed by atoms with Crippen molar-refractivity contribution in [2.45, 2.75) is 40.2 Å². The van der Waals surface area contributed by atoms with E-state index in [0.717, 1.165) is 30.2 Å². The maximum atomic E-state index is 12.4. The van der Waals surface area contributed by atoms with Gasteiger partial charge in [-0.3, -0.25) is 4.79 Å². The second-order valence-corrected chi connectivity index (χ2v) is 5.54. The minimum absolute atomic E-state index is 0.101. The van der Waals surface area contributed by atoms with Crippen LogP contribution in [-0.2, 0) is 6.54 Å². The number of hydrogen-bond donors (Lipinski definition) is 1. The molecule has 2 aromatic rings. The summed E-state index contributed by atoms with van der Waals surface area (Å²) in [5.41, 5.74) is 1.29. The Balaban J connectivity index is 2.36. The van der Waals surface area contributed by atoms with E-state index in [2.05, 4.69) is 27.5 Å². The molecular weight excluding hydrogens is 274 g/mol. The Morgan fingerprint density at radius 2 is 2.10 bits per heavy atom. The van der Waals surface area contributed by atoms with Gasteiger partial charge in [-0.05, 0) is 25.8 Å². The van der Waals surface area contributed by atoms with Crippen molar-refractivity contribution in [2.24, 2.45) is 0 Å². The third kappa shape index (κ3) is 3.22. The van der Waals surface area contributed by atoms with Crippen molar-refractivity contribution < 1.29 is 0 Å². The number of nitrogens with one attached hydrogen (secondary N) is 1. The van der Waals surface area contributed by atoms with Gasteiger partial charge in [0, 0.05) is 13.1 Å². The Kier molecular flexibility index (Phi) is 4.84. The predicted octanol–water partition coefficient (Wildman–Crippen LogP) is 2.30. The van der Waals surface area contributed by atoms with Gasteiger partial charge in [-0.15, -0.1) is 10.2 Å². The molecule has 7 heteroatoms. The minimum atomic E-state index is -0.101. The second-order valence-electron chi connectivity index (χ2n) is 4.57. The van der Waals surface area contributed by atoms with Crippen LogP contribution < -0.4 is 10.9 Å². The van der Waals surface area contributed by atoms with Crippen LogP contribution in [0.2, 0.25) is 0 Å². The average Bonchev–Trinajstić information content (AvgIpc) is 2.89. The molecule has 0 aliphatic heterocycles.